The van der Waals surface area contributed by atoms with Crippen molar-refractivity contribution in [3.63, 3.8) is 0 Å². The highest BCUT2D eigenvalue weighted by Crippen LogP contribution is 2.20. The highest BCUT2D eigenvalue weighted by atomic mass is 16.7. The van der Waals surface area contributed by atoms with Crippen molar-refractivity contribution in [1.29, 1.82) is 0 Å². The quantitative estimate of drug-likeness (QED) is 0.449. The lowest BCUT2D eigenvalue weighted by molar-refractivity contribution is 0.101. The zero-order valence-corrected chi connectivity index (χ0v) is 8.57. The Morgan fingerprint density at radius 1 is 1.50 bits per heavy atom. The number of anilines is 2. The number of benzene rings is 1. The van der Waals surface area contributed by atoms with E-state index in [9.17, 15) is 4.79 Å². The number of hydrogen-bond acceptors (Lipinski definition) is 4. The Bertz CT molecular complexity index is 350. The molecule has 0 spiro atoms. The van der Waals surface area contributed by atoms with Crippen molar-refractivity contribution in [1.82, 2.24) is 0 Å². The molecule has 0 heterocycles. The van der Waals surface area contributed by atoms with Crippen LogP contribution in [-0.4, -0.2) is 19.9 Å². The summed E-state index contributed by atoms with van der Waals surface area (Å²) in [6, 6.07) is 5.20. The third-order valence-corrected chi connectivity index (χ3v) is 2.05. The van der Waals surface area contributed by atoms with Gasteiger partial charge >= 0.3 is 0 Å². The van der Waals surface area contributed by atoms with Gasteiger partial charge in [0, 0.05) is 18.3 Å². The first-order valence-corrected chi connectivity index (χ1v) is 4.24. The largest absolute Gasteiger partial charge is 0.398 e. The lowest BCUT2D eigenvalue weighted by atomic mass is 10.1. The predicted octanol–water partition coefficient (Wildman–Crippen LogP) is 1.47. The fourth-order valence-electron chi connectivity index (χ4n) is 1.15. The number of Topliss-reactive ketones (excluding diaryl/α,β-unsaturated/α-hetero) is 1. The van der Waals surface area contributed by atoms with Crippen molar-refractivity contribution >= 4 is 17.2 Å². The zero-order chi connectivity index (χ0) is 10.7. The molecule has 0 unspecified atom stereocenters. The van der Waals surface area contributed by atoms with Crippen molar-refractivity contribution in [2.24, 2.45) is 0 Å². The third-order valence-electron chi connectivity index (χ3n) is 2.05. The van der Waals surface area contributed by atoms with E-state index in [2.05, 4.69) is 0 Å². The van der Waals surface area contributed by atoms with Gasteiger partial charge in [0.2, 0.25) is 0 Å². The molecule has 0 fully saturated rings. The van der Waals surface area contributed by atoms with Crippen LogP contribution in [0.15, 0.2) is 18.2 Å². The molecule has 1 rings (SSSR count). The second-order valence-electron chi connectivity index (χ2n) is 3.01. The van der Waals surface area contributed by atoms with E-state index in [1.54, 1.807) is 37.4 Å². The van der Waals surface area contributed by atoms with Crippen molar-refractivity contribution < 1.29 is 9.63 Å². The van der Waals surface area contributed by atoms with E-state index in [1.807, 2.05) is 0 Å². The molecular formula is C10H14N2O2. The molecule has 0 aliphatic rings. The summed E-state index contributed by atoms with van der Waals surface area (Å²) in [7, 11) is 3.32. The van der Waals surface area contributed by atoms with E-state index < -0.39 is 0 Å². The molecule has 0 amide bonds. The number of nitrogens with two attached hydrogens (primary N) is 1. The Labute approximate surface area is 83.2 Å². The molecule has 0 aliphatic carbocycles. The maximum Gasteiger partial charge on any atom is 0.161 e. The average Bonchev–Trinajstić information content (AvgIpc) is 2.17. The number of hydroxylamine groups is 1. The van der Waals surface area contributed by atoms with Crippen LogP contribution in [0.4, 0.5) is 11.4 Å². The minimum Gasteiger partial charge on any atom is -0.398 e. The summed E-state index contributed by atoms with van der Waals surface area (Å²) < 4.78 is 0. The summed E-state index contributed by atoms with van der Waals surface area (Å²) in [6.45, 7) is 1.49. The predicted molar refractivity (Wildman–Crippen MR) is 56.3 cm³/mol. The number of rotatable bonds is 3. The second-order valence-corrected chi connectivity index (χ2v) is 3.01. The van der Waals surface area contributed by atoms with Crippen molar-refractivity contribution in [2.75, 3.05) is 25.0 Å². The Morgan fingerprint density at radius 3 is 2.64 bits per heavy atom. The standard InChI is InChI=1S/C10H14N2O2/c1-7(13)9-6-8(12(2)14-3)4-5-10(9)11/h4-6H,11H2,1-3H3. The van der Waals surface area contributed by atoms with E-state index in [1.165, 1.54) is 6.92 Å². The van der Waals surface area contributed by atoms with Gasteiger partial charge in [-0.2, -0.15) is 0 Å². The lowest BCUT2D eigenvalue weighted by Gasteiger charge is -2.16. The molecule has 0 aliphatic heterocycles. The first-order chi connectivity index (χ1) is 6.56. The number of carbonyl (C=O) groups is 1. The molecule has 4 nitrogen and oxygen atoms in total. The van der Waals surface area contributed by atoms with Gasteiger partial charge in [-0.15, -0.1) is 0 Å². The highest BCUT2D eigenvalue weighted by Gasteiger charge is 2.07. The second kappa shape index (κ2) is 4.11. The topological polar surface area (TPSA) is 55.6 Å². The van der Waals surface area contributed by atoms with Crippen LogP contribution in [0.5, 0.6) is 0 Å². The van der Waals surface area contributed by atoms with Gasteiger partial charge in [-0.05, 0) is 25.1 Å². The van der Waals surface area contributed by atoms with Gasteiger partial charge in [-0.1, -0.05) is 0 Å². The number of ketones is 1. The van der Waals surface area contributed by atoms with E-state index in [-0.39, 0.29) is 5.78 Å². The van der Waals surface area contributed by atoms with Gasteiger partial charge in [0.1, 0.15) is 0 Å². The lowest BCUT2D eigenvalue weighted by Crippen LogP contribution is -2.15. The van der Waals surface area contributed by atoms with Crippen LogP contribution in [0, 0.1) is 0 Å². The van der Waals surface area contributed by atoms with Gasteiger partial charge in [-0.25, -0.2) is 0 Å². The minimum atomic E-state index is -0.0474. The molecular weight excluding hydrogens is 180 g/mol. The zero-order valence-electron chi connectivity index (χ0n) is 8.57. The molecule has 0 bridgehead atoms. The molecule has 1 aromatic rings. The molecule has 0 saturated heterocycles. The summed E-state index contributed by atoms with van der Waals surface area (Å²) in [5.74, 6) is -0.0474. The first-order valence-electron chi connectivity index (χ1n) is 4.24. The Balaban J connectivity index is 3.12. The molecule has 0 aromatic heterocycles. The number of carbonyl (C=O) groups excluding carboxylic acids is 1. The fraction of sp³-hybridized carbons (Fsp3) is 0.300. The number of nitrogen functional groups attached to an aromatic ring is 1. The van der Waals surface area contributed by atoms with Gasteiger partial charge < -0.3 is 5.73 Å². The maximum atomic E-state index is 11.2. The van der Waals surface area contributed by atoms with E-state index >= 15 is 0 Å². The smallest absolute Gasteiger partial charge is 0.161 e. The molecule has 0 radical (unpaired) electrons. The van der Waals surface area contributed by atoms with Crippen molar-refractivity contribution in [3.05, 3.63) is 23.8 Å². The maximum absolute atomic E-state index is 11.2. The number of hydrogen-bond donors (Lipinski definition) is 1. The van der Waals surface area contributed by atoms with Gasteiger partial charge in [0.15, 0.2) is 5.78 Å². The highest BCUT2D eigenvalue weighted by molar-refractivity contribution is 5.99. The molecule has 1 aromatic carbocycles. The van der Waals surface area contributed by atoms with Crippen LogP contribution in [0.25, 0.3) is 0 Å². The normalized spacial score (nSPS) is 9.93. The summed E-state index contributed by atoms with van der Waals surface area (Å²) in [4.78, 5) is 16.2. The molecule has 0 atom stereocenters. The Morgan fingerprint density at radius 2 is 2.14 bits per heavy atom. The van der Waals surface area contributed by atoms with Crippen LogP contribution in [-0.2, 0) is 4.84 Å². The van der Waals surface area contributed by atoms with Gasteiger partial charge in [0.25, 0.3) is 0 Å². The van der Waals surface area contributed by atoms with E-state index in [0.717, 1.165) is 5.69 Å². The average molecular weight is 194 g/mol. The molecule has 2 N–H and O–H groups in total. The minimum absolute atomic E-state index is 0.0474. The van der Waals surface area contributed by atoms with Crippen LogP contribution < -0.4 is 10.8 Å². The Hall–Kier alpha value is -1.55. The summed E-state index contributed by atoms with van der Waals surface area (Å²) in [6.07, 6.45) is 0. The molecule has 14 heavy (non-hydrogen) atoms. The van der Waals surface area contributed by atoms with Crippen molar-refractivity contribution in [2.45, 2.75) is 6.92 Å². The molecule has 0 saturated carbocycles. The summed E-state index contributed by atoms with van der Waals surface area (Å²) in [5, 5.41) is 1.56. The first kappa shape index (κ1) is 10.5. The van der Waals surface area contributed by atoms with Gasteiger partial charge in [-0.3, -0.25) is 14.7 Å². The number of nitrogens with zero attached hydrogens (tertiary/aromatic N) is 1. The van der Waals surface area contributed by atoms with Crippen LogP contribution in [0.2, 0.25) is 0 Å². The third kappa shape index (κ3) is 2.03. The van der Waals surface area contributed by atoms with E-state index in [0.29, 0.717) is 11.3 Å². The monoisotopic (exact) mass is 194 g/mol. The van der Waals surface area contributed by atoms with Gasteiger partial charge in [0.05, 0.1) is 12.8 Å². The van der Waals surface area contributed by atoms with E-state index in [4.69, 9.17) is 10.6 Å². The molecule has 76 valence electrons. The van der Waals surface area contributed by atoms with Crippen LogP contribution in [0.1, 0.15) is 17.3 Å². The summed E-state index contributed by atoms with van der Waals surface area (Å²) in [5.41, 5.74) is 7.46. The Kier molecular flexibility index (Phi) is 3.09. The fourth-order valence-corrected chi connectivity index (χ4v) is 1.15. The SMILES string of the molecule is CON(C)c1ccc(N)c(C(C)=O)c1. The van der Waals surface area contributed by atoms with Crippen LogP contribution >= 0.6 is 0 Å². The van der Waals surface area contributed by atoms with Crippen molar-refractivity contribution in [3.8, 4) is 0 Å². The van der Waals surface area contributed by atoms with Crippen LogP contribution in [0.3, 0.4) is 0 Å². The summed E-state index contributed by atoms with van der Waals surface area (Å²) >= 11 is 0. The molecule has 4 heteroatoms.